The summed E-state index contributed by atoms with van der Waals surface area (Å²) in [6, 6.07) is 2.01. The Morgan fingerprint density at radius 2 is 2.16 bits per heavy atom. The van der Waals surface area contributed by atoms with Crippen molar-refractivity contribution in [2.45, 2.75) is 4.90 Å². The van der Waals surface area contributed by atoms with Gasteiger partial charge in [0.15, 0.2) is 0 Å². The third-order valence-electron chi connectivity index (χ3n) is 2.28. The molecule has 7 nitrogen and oxygen atoms in total. The molecule has 0 unspecified atom stereocenters. The molecule has 0 bridgehead atoms. The largest absolute Gasteiger partial charge is 0.398 e. The topological polar surface area (TPSA) is 103 Å². The molecule has 0 aliphatic heterocycles. The first-order chi connectivity index (χ1) is 8.81. The van der Waals surface area contributed by atoms with Gasteiger partial charge in [0.2, 0.25) is 5.95 Å². The van der Waals surface area contributed by atoms with Crippen LogP contribution < -0.4 is 10.5 Å². The highest BCUT2D eigenvalue weighted by Crippen LogP contribution is 2.26. The molecule has 2 rings (SSSR count). The van der Waals surface area contributed by atoms with E-state index >= 15 is 0 Å². The van der Waals surface area contributed by atoms with Gasteiger partial charge in [-0.15, -0.1) is 0 Å². The van der Waals surface area contributed by atoms with Crippen LogP contribution in [0.4, 0.5) is 16.0 Å². The van der Waals surface area contributed by atoms with E-state index in [0.29, 0.717) is 0 Å². The molecular formula is C9H9BrFN5O2S. The zero-order valence-electron chi connectivity index (χ0n) is 9.63. The van der Waals surface area contributed by atoms with E-state index in [1.54, 1.807) is 0 Å². The lowest BCUT2D eigenvalue weighted by Crippen LogP contribution is -2.17. The van der Waals surface area contributed by atoms with E-state index < -0.39 is 20.7 Å². The zero-order valence-corrected chi connectivity index (χ0v) is 12.0. The zero-order chi connectivity index (χ0) is 14.2. The lowest BCUT2D eigenvalue weighted by atomic mass is 10.3. The number of anilines is 2. The highest BCUT2D eigenvalue weighted by Gasteiger charge is 2.22. The minimum Gasteiger partial charge on any atom is -0.398 e. The van der Waals surface area contributed by atoms with Gasteiger partial charge in [0.25, 0.3) is 10.0 Å². The van der Waals surface area contributed by atoms with Gasteiger partial charge in [-0.1, -0.05) is 0 Å². The molecule has 0 radical (unpaired) electrons. The second kappa shape index (κ2) is 4.78. The maximum absolute atomic E-state index is 13.7. The number of sulfonamides is 1. The first-order valence-electron chi connectivity index (χ1n) is 4.92. The molecule has 0 aliphatic rings. The molecule has 0 amide bonds. The SMILES string of the molecule is Cn1ncnc1NS(=O)(=O)c1cc(N)c(Br)cc1F. The van der Waals surface area contributed by atoms with Gasteiger partial charge < -0.3 is 5.73 Å². The smallest absolute Gasteiger partial charge is 0.267 e. The number of nitrogens with two attached hydrogens (primary N) is 1. The van der Waals surface area contributed by atoms with E-state index in [2.05, 4.69) is 30.7 Å². The monoisotopic (exact) mass is 349 g/mol. The molecule has 1 heterocycles. The number of nitrogen functional groups attached to an aromatic ring is 1. The molecule has 1 aromatic heterocycles. The molecule has 1 aromatic carbocycles. The quantitative estimate of drug-likeness (QED) is 0.807. The van der Waals surface area contributed by atoms with Crippen LogP contribution in [0.15, 0.2) is 27.8 Å². The Morgan fingerprint density at radius 1 is 1.47 bits per heavy atom. The molecule has 10 heteroatoms. The number of hydrogen-bond acceptors (Lipinski definition) is 5. The maximum Gasteiger partial charge on any atom is 0.267 e. The van der Waals surface area contributed by atoms with Crippen molar-refractivity contribution in [2.24, 2.45) is 7.05 Å². The first-order valence-corrected chi connectivity index (χ1v) is 7.20. The Morgan fingerprint density at radius 3 is 2.74 bits per heavy atom. The van der Waals surface area contributed by atoms with E-state index in [1.165, 1.54) is 18.1 Å². The van der Waals surface area contributed by atoms with Crippen LogP contribution in [-0.4, -0.2) is 23.2 Å². The fourth-order valence-corrected chi connectivity index (χ4v) is 2.76. The van der Waals surface area contributed by atoms with Crippen molar-refractivity contribution in [1.82, 2.24) is 14.8 Å². The average Bonchev–Trinajstić information content (AvgIpc) is 2.69. The van der Waals surface area contributed by atoms with Gasteiger partial charge in [-0.3, -0.25) is 0 Å². The van der Waals surface area contributed by atoms with Crippen LogP contribution >= 0.6 is 15.9 Å². The third-order valence-corrected chi connectivity index (χ3v) is 4.31. The Labute approximate surface area is 116 Å². The van der Waals surface area contributed by atoms with Crippen LogP contribution in [0, 0.1) is 5.82 Å². The van der Waals surface area contributed by atoms with Crippen LogP contribution in [0.1, 0.15) is 0 Å². The molecule has 0 saturated heterocycles. The molecule has 0 aliphatic carbocycles. The van der Waals surface area contributed by atoms with Crippen LogP contribution in [0.5, 0.6) is 0 Å². The van der Waals surface area contributed by atoms with E-state index in [9.17, 15) is 12.8 Å². The first kappa shape index (κ1) is 13.7. The summed E-state index contributed by atoms with van der Waals surface area (Å²) < 4.78 is 41.4. The maximum atomic E-state index is 13.7. The number of hydrogen-bond donors (Lipinski definition) is 2. The molecule has 19 heavy (non-hydrogen) atoms. The van der Waals surface area contributed by atoms with Gasteiger partial charge in [0, 0.05) is 17.2 Å². The summed E-state index contributed by atoms with van der Waals surface area (Å²) in [6.45, 7) is 0. The molecule has 102 valence electrons. The normalized spacial score (nSPS) is 11.5. The Balaban J connectivity index is 2.46. The van der Waals surface area contributed by atoms with Crippen molar-refractivity contribution in [2.75, 3.05) is 10.5 Å². The van der Waals surface area contributed by atoms with E-state index in [4.69, 9.17) is 5.73 Å². The number of benzene rings is 1. The number of nitrogens with one attached hydrogen (secondary N) is 1. The second-order valence-corrected chi connectivity index (χ2v) is 6.12. The lowest BCUT2D eigenvalue weighted by Gasteiger charge is -2.09. The molecule has 0 fully saturated rings. The van der Waals surface area contributed by atoms with Crippen LogP contribution in [-0.2, 0) is 17.1 Å². The summed E-state index contributed by atoms with van der Waals surface area (Å²) in [5, 5.41) is 3.70. The van der Waals surface area contributed by atoms with Crippen molar-refractivity contribution in [3.8, 4) is 0 Å². The highest BCUT2D eigenvalue weighted by molar-refractivity contribution is 9.10. The third kappa shape index (κ3) is 2.68. The van der Waals surface area contributed by atoms with Crippen molar-refractivity contribution in [3.05, 3.63) is 28.7 Å². The number of nitrogens with zero attached hydrogens (tertiary/aromatic N) is 3. The summed E-state index contributed by atoms with van der Waals surface area (Å²) in [5.41, 5.74) is 5.66. The van der Waals surface area contributed by atoms with Crippen LogP contribution in [0.25, 0.3) is 0 Å². The van der Waals surface area contributed by atoms with Gasteiger partial charge in [-0.05, 0) is 28.1 Å². The number of halogens is 2. The van der Waals surface area contributed by atoms with Gasteiger partial charge >= 0.3 is 0 Å². The molecule has 0 saturated carbocycles. The fourth-order valence-electron chi connectivity index (χ4n) is 1.31. The van der Waals surface area contributed by atoms with Crippen LogP contribution in [0.3, 0.4) is 0 Å². The summed E-state index contributed by atoms with van der Waals surface area (Å²) >= 11 is 3.01. The predicted octanol–water partition coefficient (Wildman–Crippen LogP) is 1.10. The molecule has 0 spiro atoms. The predicted molar refractivity (Wildman–Crippen MR) is 70.3 cm³/mol. The Hall–Kier alpha value is -1.68. The van der Waals surface area contributed by atoms with E-state index in [1.807, 2.05) is 0 Å². The fraction of sp³-hybridized carbons (Fsp3) is 0.111. The van der Waals surface area contributed by atoms with Crippen molar-refractivity contribution in [3.63, 3.8) is 0 Å². The molecule has 3 N–H and O–H groups in total. The lowest BCUT2D eigenvalue weighted by molar-refractivity contribution is 0.569. The number of rotatable bonds is 3. The molecule has 2 aromatic rings. The summed E-state index contributed by atoms with van der Waals surface area (Å²) in [5.74, 6) is -0.948. The highest BCUT2D eigenvalue weighted by atomic mass is 79.9. The minimum absolute atomic E-state index is 0.0270. The summed E-state index contributed by atoms with van der Waals surface area (Å²) in [7, 11) is -2.63. The van der Waals surface area contributed by atoms with Gasteiger partial charge in [0.05, 0.1) is 0 Å². The van der Waals surface area contributed by atoms with Crippen molar-refractivity contribution < 1.29 is 12.8 Å². The summed E-state index contributed by atoms with van der Waals surface area (Å²) in [4.78, 5) is 3.14. The Bertz CT molecular complexity index is 730. The van der Waals surface area contributed by atoms with Crippen molar-refractivity contribution in [1.29, 1.82) is 0 Å². The number of aryl methyl sites for hydroxylation is 1. The summed E-state index contributed by atoms with van der Waals surface area (Å²) in [6.07, 6.45) is 1.17. The van der Waals surface area contributed by atoms with E-state index in [-0.39, 0.29) is 16.1 Å². The van der Waals surface area contributed by atoms with E-state index in [0.717, 1.165) is 12.1 Å². The van der Waals surface area contributed by atoms with Crippen LogP contribution in [0.2, 0.25) is 0 Å². The standard InChI is InChI=1S/C9H9BrFN5O2S/c1-16-9(13-4-14-16)15-19(17,18)8-3-7(12)5(10)2-6(8)11/h2-4H,12H2,1H3,(H,13,14,15). The Kier molecular flexibility index (Phi) is 3.45. The van der Waals surface area contributed by atoms with Gasteiger partial charge in [-0.2, -0.15) is 10.1 Å². The second-order valence-electron chi connectivity index (χ2n) is 3.62. The van der Waals surface area contributed by atoms with Crippen molar-refractivity contribution >= 4 is 37.6 Å². The molecular weight excluding hydrogens is 341 g/mol. The van der Waals surface area contributed by atoms with Gasteiger partial charge in [0.1, 0.15) is 17.0 Å². The number of aromatic nitrogens is 3. The van der Waals surface area contributed by atoms with Gasteiger partial charge in [-0.25, -0.2) is 22.2 Å². The average molecular weight is 350 g/mol. The minimum atomic E-state index is -4.12. The molecule has 0 atom stereocenters.